The van der Waals surface area contributed by atoms with Crippen LogP contribution in [0, 0.1) is 6.92 Å². The Morgan fingerprint density at radius 2 is 1.95 bits per heavy atom. The molecule has 0 unspecified atom stereocenters. The van der Waals surface area contributed by atoms with Crippen LogP contribution in [0.5, 0.6) is 0 Å². The molecule has 7 heteroatoms. The molecular formula is C14H18N2O5. The van der Waals surface area contributed by atoms with Gasteiger partial charge in [-0.2, -0.15) is 0 Å². The molecular weight excluding hydrogens is 276 g/mol. The predicted molar refractivity (Wildman–Crippen MR) is 74.3 cm³/mol. The monoisotopic (exact) mass is 294 g/mol. The number of aryl methyl sites for hydroxylation is 1. The zero-order valence-electron chi connectivity index (χ0n) is 12.0. The molecule has 2 N–H and O–H groups in total. The van der Waals surface area contributed by atoms with Crippen molar-refractivity contribution < 1.29 is 19.4 Å². The minimum Gasteiger partial charge on any atom is -0.480 e. The molecule has 114 valence electrons. The van der Waals surface area contributed by atoms with Crippen LogP contribution in [0.2, 0.25) is 0 Å². The summed E-state index contributed by atoms with van der Waals surface area (Å²) >= 11 is 0. The van der Waals surface area contributed by atoms with E-state index in [1.807, 2.05) is 0 Å². The van der Waals surface area contributed by atoms with Gasteiger partial charge in [0, 0.05) is 38.8 Å². The third-order valence-corrected chi connectivity index (χ3v) is 3.91. The van der Waals surface area contributed by atoms with Gasteiger partial charge in [-0.1, -0.05) is 0 Å². The number of nitrogens with zero attached hydrogens (tertiary/aromatic N) is 1. The Labute approximate surface area is 121 Å². The fraction of sp³-hybridized carbons (Fsp3) is 0.500. The van der Waals surface area contributed by atoms with Gasteiger partial charge in [0.05, 0.1) is 0 Å². The number of hydrogen-bond donors (Lipinski definition) is 2. The molecule has 0 spiro atoms. The van der Waals surface area contributed by atoms with E-state index in [0.29, 0.717) is 0 Å². The summed E-state index contributed by atoms with van der Waals surface area (Å²) in [4.78, 5) is 35.9. The number of carbonyl (C=O) groups excluding carboxylic acids is 1. The summed E-state index contributed by atoms with van der Waals surface area (Å²) in [6.45, 7) is 2.28. The average molecular weight is 294 g/mol. The highest BCUT2D eigenvalue weighted by Crippen LogP contribution is 2.21. The highest BCUT2D eigenvalue weighted by Gasteiger charge is 2.42. The van der Waals surface area contributed by atoms with Crippen molar-refractivity contribution in [3.05, 3.63) is 33.7 Å². The van der Waals surface area contributed by atoms with Crippen LogP contribution in [0.1, 0.15) is 28.9 Å². The maximum Gasteiger partial charge on any atom is 0.329 e. The third-order valence-electron chi connectivity index (χ3n) is 3.91. The van der Waals surface area contributed by atoms with Gasteiger partial charge < -0.3 is 19.7 Å². The Hall–Kier alpha value is -2.15. The second kappa shape index (κ2) is 5.69. The Morgan fingerprint density at radius 1 is 1.33 bits per heavy atom. The largest absolute Gasteiger partial charge is 0.480 e. The van der Waals surface area contributed by atoms with Crippen LogP contribution in [0.4, 0.5) is 0 Å². The lowest BCUT2D eigenvalue weighted by molar-refractivity contribution is -0.148. The van der Waals surface area contributed by atoms with Crippen molar-refractivity contribution in [2.45, 2.75) is 25.3 Å². The van der Waals surface area contributed by atoms with E-state index in [1.54, 1.807) is 20.0 Å². The van der Waals surface area contributed by atoms with E-state index < -0.39 is 23.0 Å². The summed E-state index contributed by atoms with van der Waals surface area (Å²) < 4.78 is 6.49. The van der Waals surface area contributed by atoms with E-state index in [1.165, 1.54) is 10.6 Å². The second-order valence-corrected chi connectivity index (χ2v) is 5.21. The molecule has 0 aliphatic carbocycles. The summed E-state index contributed by atoms with van der Waals surface area (Å²) in [6, 6.07) is 3.07. The Morgan fingerprint density at radius 3 is 2.52 bits per heavy atom. The lowest BCUT2D eigenvalue weighted by atomic mass is 9.90. The molecule has 1 aliphatic rings. The quantitative estimate of drug-likeness (QED) is 0.821. The minimum absolute atomic E-state index is 0.0600. The van der Waals surface area contributed by atoms with Crippen LogP contribution in [0.15, 0.2) is 16.9 Å². The van der Waals surface area contributed by atoms with Gasteiger partial charge in [0.15, 0.2) is 0 Å². The minimum atomic E-state index is -1.37. The molecule has 7 nitrogen and oxygen atoms in total. The molecule has 0 saturated carbocycles. The summed E-state index contributed by atoms with van der Waals surface area (Å²) in [7, 11) is 1.57. The molecule has 1 fully saturated rings. The highest BCUT2D eigenvalue weighted by atomic mass is 16.5. The summed E-state index contributed by atoms with van der Waals surface area (Å²) in [5.74, 6) is -1.78. The van der Waals surface area contributed by atoms with Crippen LogP contribution < -0.4 is 10.9 Å². The van der Waals surface area contributed by atoms with Crippen LogP contribution in [0.3, 0.4) is 0 Å². The van der Waals surface area contributed by atoms with E-state index in [9.17, 15) is 19.5 Å². The number of carbonyl (C=O) groups is 2. The fourth-order valence-corrected chi connectivity index (χ4v) is 2.30. The van der Waals surface area contributed by atoms with Crippen molar-refractivity contribution in [2.24, 2.45) is 7.05 Å². The number of rotatable bonds is 3. The lowest BCUT2D eigenvalue weighted by Gasteiger charge is -2.33. The summed E-state index contributed by atoms with van der Waals surface area (Å²) in [6.07, 6.45) is 0.362. The Bertz CT molecular complexity index is 629. The highest BCUT2D eigenvalue weighted by molar-refractivity contribution is 5.97. The van der Waals surface area contributed by atoms with E-state index in [-0.39, 0.29) is 31.6 Å². The number of hydrogen-bond acceptors (Lipinski definition) is 4. The molecule has 1 amide bonds. The van der Waals surface area contributed by atoms with Crippen LogP contribution in [0.25, 0.3) is 0 Å². The molecule has 2 rings (SSSR count). The molecule has 1 aromatic rings. The van der Waals surface area contributed by atoms with Crippen molar-refractivity contribution in [1.82, 2.24) is 9.88 Å². The number of nitrogens with one attached hydrogen (secondary N) is 1. The van der Waals surface area contributed by atoms with Crippen LogP contribution in [-0.4, -0.2) is 40.3 Å². The molecule has 0 aromatic carbocycles. The van der Waals surface area contributed by atoms with Crippen LogP contribution in [-0.2, 0) is 16.6 Å². The second-order valence-electron chi connectivity index (χ2n) is 5.21. The number of carboxylic acid groups (broad SMARTS) is 1. The van der Waals surface area contributed by atoms with Gasteiger partial charge in [-0.25, -0.2) is 4.79 Å². The standard InChI is InChI=1S/C14H18N2O5/c1-9-3-4-10(12(18)16(9)2)11(17)15-14(13(19)20)5-7-21-8-6-14/h3-4H,5-8H2,1-2H3,(H,15,17)(H,19,20). The van der Waals surface area contributed by atoms with Crippen molar-refractivity contribution in [3.63, 3.8) is 0 Å². The number of carboxylic acids is 1. The van der Waals surface area contributed by atoms with E-state index in [2.05, 4.69) is 5.32 Å². The van der Waals surface area contributed by atoms with Crippen LogP contribution >= 0.6 is 0 Å². The van der Waals surface area contributed by atoms with Gasteiger partial charge in [0.2, 0.25) is 0 Å². The molecule has 1 aromatic heterocycles. The van der Waals surface area contributed by atoms with E-state index in [0.717, 1.165) is 5.69 Å². The van der Waals surface area contributed by atoms with Gasteiger partial charge in [-0.15, -0.1) is 0 Å². The molecule has 0 bridgehead atoms. The lowest BCUT2D eigenvalue weighted by Crippen LogP contribution is -2.58. The zero-order valence-corrected chi connectivity index (χ0v) is 12.0. The van der Waals surface area contributed by atoms with Gasteiger partial charge >= 0.3 is 5.97 Å². The summed E-state index contributed by atoms with van der Waals surface area (Å²) in [5, 5.41) is 11.9. The average Bonchev–Trinajstić information content (AvgIpc) is 2.45. The van der Waals surface area contributed by atoms with Crippen molar-refractivity contribution in [3.8, 4) is 0 Å². The number of ether oxygens (including phenoxy) is 1. The number of pyridine rings is 1. The Kier molecular flexibility index (Phi) is 4.13. The van der Waals surface area contributed by atoms with Gasteiger partial charge in [0.1, 0.15) is 11.1 Å². The Balaban J connectivity index is 2.30. The number of aliphatic carboxylic acids is 1. The number of aromatic nitrogens is 1. The molecule has 1 aliphatic heterocycles. The fourth-order valence-electron chi connectivity index (χ4n) is 2.30. The molecule has 2 heterocycles. The first-order valence-electron chi connectivity index (χ1n) is 6.68. The normalized spacial score (nSPS) is 17.2. The van der Waals surface area contributed by atoms with Crippen molar-refractivity contribution in [2.75, 3.05) is 13.2 Å². The maximum atomic E-state index is 12.3. The van der Waals surface area contributed by atoms with Crippen molar-refractivity contribution in [1.29, 1.82) is 0 Å². The topological polar surface area (TPSA) is 97.6 Å². The van der Waals surface area contributed by atoms with E-state index in [4.69, 9.17) is 4.74 Å². The SMILES string of the molecule is Cc1ccc(C(=O)NC2(C(=O)O)CCOCC2)c(=O)n1C. The molecule has 21 heavy (non-hydrogen) atoms. The molecule has 0 radical (unpaired) electrons. The molecule has 1 saturated heterocycles. The first-order chi connectivity index (χ1) is 9.87. The van der Waals surface area contributed by atoms with Gasteiger partial charge in [-0.05, 0) is 19.1 Å². The smallest absolute Gasteiger partial charge is 0.329 e. The van der Waals surface area contributed by atoms with E-state index >= 15 is 0 Å². The maximum absolute atomic E-state index is 12.3. The molecule has 0 atom stereocenters. The number of amides is 1. The first kappa shape index (κ1) is 15.2. The third kappa shape index (κ3) is 2.82. The predicted octanol–water partition coefficient (Wildman–Crippen LogP) is 0.0573. The van der Waals surface area contributed by atoms with Gasteiger partial charge in [-0.3, -0.25) is 9.59 Å². The van der Waals surface area contributed by atoms with Gasteiger partial charge in [0.25, 0.3) is 11.5 Å². The summed E-state index contributed by atoms with van der Waals surface area (Å²) in [5.41, 5.74) is -1.16. The first-order valence-corrected chi connectivity index (χ1v) is 6.68. The van der Waals surface area contributed by atoms with Crippen molar-refractivity contribution >= 4 is 11.9 Å². The zero-order chi connectivity index (χ0) is 15.6.